The van der Waals surface area contributed by atoms with Crippen molar-refractivity contribution in [1.29, 1.82) is 0 Å². The minimum Gasteiger partial charge on any atom is -0.224 e. The third-order valence-corrected chi connectivity index (χ3v) is 4.26. The number of hydrogen-bond donors (Lipinski definition) is 0. The first-order chi connectivity index (χ1) is 7.39. The van der Waals surface area contributed by atoms with Crippen LogP contribution in [0.3, 0.4) is 0 Å². The van der Waals surface area contributed by atoms with E-state index in [1.165, 1.54) is 24.7 Å². The van der Waals surface area contributed by atoms with E-state index < -0.39 is 9.84 Å². The molecule has 0 atom stereocenters. The Bertz CT molecular complexity index is 497. The van der Waals surface area contributed by atoms with E-state index in [2.05, 4.69) is 6.07 Å². The molecule has 0 N–H and O–H groups in total. The molecule has 2 rings (SSSR count). The van der Waals surface area contributed by atoms with Gasteiger partial charge in [0.25, 0.3) is 0 Å². The van der Waals surface area contributed by atoms with Crippen molar-refractivity contribution in [2.24, 2.45) is 0 Å². The molecule has 16 heavy (non-hydrogen) atoms. The molecule has 1 aromatic carbocycles. The SMILES string of the molecule is CC(C)c1ccc(C2CC2)cc1S(C)(=O)=O. The zero-order valence-corrected chi connectivity index (χ0v) is 10.8. The molecule has 1 aliphatic rings. The van der Waals surface area contributed by atoms with Crippen LogP contribution in [0.25, 0.3) is 0 Å². The van der Waals surface area contributed by atoms with E-state index in [-0.39, 0.29) is 5.92 Å². The first-order valence-electron chi connectivity index (χ1n) is 5.73. The van der Waals surface area contributed by atoms with Crippen LogP contribution in [-0.2, 0) is 9.84 Å². The van der Waals surface area contributed by atoms with Crippen LogP contribution >= 0.6 is 0 Å². The quantitative estimate of drug-likeness (QED) is 0.811. The Balaban J connectivity index is 2.55. The van der Waals surface area contributed by atoms with Gasteiger partial charge in [0.1, 0.15) is 0 Å². The zero-order valence-electron chi connectivity index (χ0n) is 10.0. The molecular weight excluding hydrogens is 220 g/mol. The van der Waals surface area contributed by atoms with E-state index in [4.69, 9.17) is 0 Å². The molecule has 0 aliphatic heterocycles. The molecule has 0 bridgehead atoms. The smallest absolute Gasteiger partial charge is 0.175 e. The minimum atomic E-state index is -3.11. The third-order valence-electron chi connectivity index (χ3n) is 3.11. The van der Waals surface area contributed by atoms with Crippen LogP contribution in [0.5, 0.6) is 0 Å². The highest BCUT2D eigenvalue weighted by Crippen LogP contribution is 2.41. The molecule has 3 heteroatoms. The number of benzene rings is 1. The molecule has 88 valence electrons. The maximum atomic E-state index is 11.8. The molecule has 0 saturated heterocycles. The van der Waals surface area contributed by atoms with Crippen molar-refractivity contribution in [3.05, 3.63) is 29.3 Å². The molecule has 1 aliphatic carbocycles. The Morgan fingerprint density at radius 1 is 1.25 bits per heavy atom. The van der Waals surface area contributed by atoms with Crippen molar-refractivity contribution in [3.8, 4) is 0 Å². The summed E-state index contributed by atoms with van der Waals surface area (Å²) in [6, 6.07) is 5.94. The lowest BCUT2D eigenvalue weighted by atomic mass is 10.0. The Hall–Kier alpha value is -0.830. The summed E-state index contributed by atoms with van der Waals surface area (Å²) in [6.07, 6.45) is 3.69. The van der Waals surface area contributed by atoms with Gasteiger partial charge in [0, 0.05) is 6.26 Å². The Morgan fingerprint density at radius 2 is 1.88 bits per heavy atom. The largest absolute Gasteiger partial charge is 0.224 e. The molecule has 0 heterocycles. The highest BCUT2D eigenvalue weighted by Gasteiger charge is 2.26. The van der Waals surface area contributed by atoms with Crippen molar-refractivity contribution in [2.45, 2.75) is 43.4 Å². The minimum absolute atomic E-state index is 0.248. The number of rotatable bonds is 3. The summed E-state index contributed by atoms with van der Waals surface area (Å²) in [4.78, 5) is 0.520. The van der Waals surface area contributed by atoms with Crippen LogP contribution < -0.4 is 0 Å². The monoisotopic (exact) mass is 238 g/mol. The van der Waals surface area contributed by atoms with Crippen molar-refractivity contribution in [1.82, 2.24) is 0 Å². The fourth-order valence-corrected chi connectivity index (χ4v) is 3.10. The topological polar surface area (TPSA) is 34.1 Å². The normalized spacial score (nSPS) is 16.8. The Morgan fingerprint density at radius 3 is 2.31 bits per heavy atom. The predicted molar refractivity (Wildman–Crippen MR) is 65.6 cm³/mol. The summed E-state index contributed by atoms with van der Waals surface area (Å²) in [5.41, 5.74) is 2.12. The average molecular weight is 238 g/mol. The van der Waals surface area contributed by atoms with Crippen LogP contribution in [0.1, 0.15) is 49.7 Å². The summed E-state index contributed by atoms with van der Waals surface area (Å²) in [6.45, 7) is 4.06. The highest BCUT2D eigenvalue weighted by molar-refractivity contribution is 7.90. The molecule has 0 aromatic heterocycles. The average Bonchev–Trinajstić information content (AvgIpc) is 2.98. The van der Waals surface area contributed by atoms with E-state index in [0.29, 0.717) is 10.8 Å². The molecule has 0 radical (unpaired) electrons. The molecule has 0 spiro atoms. The van der Waals surface area contributed by atoms with Gasteiger partial charge in [-0.15, -0.1) is 0 Å². The summed E-state index contributed by atoms with van der Waals surface area (Å²) in [5, 5.41) is 0. The van der Waals surface area contributed by atoms with Crippen LogP contribution in [0, 0.1) is 0 Å². The molecule has 1 fully saturated rings. The predicted octanol–water partition coefficient (Wildman–Crippen LogP) is 3.09. The lowest BCUT2D eigenvalue weighted by Gasteiger charge is -2.13. The second-order valence-corrected chi connectivity index (χ2v) is 6.98. The summed E-state index contributed by atoms with van der Waals surface area (Å²) < 4.78 is 23.5. The molecule has 0 amide bonds. The van der Waals surface area contributed by atoms with Gasteiger partial charge in [-0.2, -0.15) is 0 Å². The van der Waals surface area contributed by atoms with E-state index in [0.717, 1.165) is 5.56 Å². The molecule has 1 aromatic rings. The van der Waals surface area contributed by atoms with Crippen molar-refractivity contribution >= 4 is 9.84 Å². The van der Waals surface area contributed by atoms with Crippen molar-refractivity contribution < 1.29 is 8.42 Å². The van der Waals surface area contributed by atoms with Crippen molar-refractivity contribution in [3.63, 3.8) is 0 Å². The lowest BCUT2D eigenvalue weighted by Crippen LogP contribution is -2.04. The van der Waals surface area contributed by atoms with E-state index in [9.17, 15) is 8.42 Å². The molecule has 0 unspecified atom stereocenters. The second kappa shape index (κ2) is 3.88. The van der Waals surface area contributed by atoms with Crippen LogP contribution in [-0.4, -0.2) is 14.7 Å². The van der Waals surface area contributed by atoms with Gasteiger partial charge in [0.2, 0.25) is 0 Å². The van der Waals surface area contributed by atoms with E-state index in [1.54, 1.807) is 0 Å². The van der Waals surface area contributed by atoms with Gasteiger partial charge >= 0.3 is 0 Å². The first-order valence-corrected chi connectivity index (χ1v) is 7.62. The van der Waals surface area contributed by atoms with Crippen LogP contribution in [0.2, 0.25) is 0 Å². The van der Waals surface area contributed by atoms with Gasteiger partial charge in [-0.1, -0.05) is 26.0 Å². The summed E-state index contributed by atoms with van der Waals surface area (Å²) >= 11 is 0. The molecular formula is C13H18O2S. The van der Waals surface area contributed by atoms with Gasteiger partial charge in [0.05, 0.1) is 4.90 Å². The molecule has 2 nitrogen and oxygen atoms in total. The van der Waals surface area contributed by atoms with Gasteiger partial charge in [0.15, 0.2) is 9.84 Å². The van der Waals surface area contributed by atoms with E-state index in [1.807, 2.05) is 26.0 Å². The van der Waals surface area contributed by atoms with Crippen molar-refractivity contribution in [2.75, 3.05) is 6.26 Å². The standard InChI is InChI=1S/C13H18O2S/c1-9(2)12-7-6-11(10-4-5-10)8-13(12)16(3,14)15/h6-10H,4-5H2,1-3H3. The second-order valence-electron chi connectivity index (χ2n) is 5.00. The number of hydrogen-bond acceptors (Lipinski definition) is 2. The summed E-state index contributed by atoms with van der Waals surface area (Å²) in [7, 11) is -3.11. The first kappa shape index (κ1) is 11.6. The number of sulfone groups is 1. The fourth-order valence-electron chi connectivity index (χ4n) is 2.02. The maximum absolute atomic E-state index is 11.8. The van der Waals surface area contributed by atoms with Crippen LogP contribution in [0.15, 0.2) is 23.1 Å². The van der Waals surface area contributed by atoms with Gasteiger partial charge in [-0.05, 0) is 41.9 Å². The van der Waals surface area contributed by atoms with Gasteiger partial charge in [-0.25, -0.2) is 8.42 Å². The van der Waals surface area contributed by atoms with Gasteiger partial charge < -0.3 is 0 Å². The van der Waals surface area contributed by atoms with Gasteiger partial charge in [-0.3, -0.25) is 0 Å². The van der Waals surface area contributed by atoms with Crippen LogP contribution in [0.4, 0.5) is 0 Å². The third kappa shape index (κ3) is 2.29. The lowest BCUT2D eigenvalue weighted by molar-refractivity contribution is 0.599. The summed E-state index contributed by atoms with van der Waals surface area (Å²) in [5.74, 6) is 0.847. The maximum Gasteiger partial charge on any atom is 0.175 e. The Labute approximate surface area is 97.6 Å². The van der Waals surface area contributed by atoms with E-state index >= 15 is 0 Å². The highest BCUT2D eigenvalue weighted by atomic mass is 32.2. The molecule has 1 saturated carbocycles. The zero-order chi connectivity index (χ0) is 11.9. The Kier molecular flexibility index (Phi) is 2.82. The fraction of sp³-hybridized carbons (Fsp3) is 0.538.